The molecule has 0 aliphatic carbocycles. The van der Waals surface area contributed by atoms with Crippen LogP contribution in [0.15, 0.2) is 42.5 Å². The fourth-order valence-electron chi connectivity index (χ4n) is 2.14. The summed E-state index contributed by atoms with van der Waals surface area (Å²) < 4.78 is 16.2. The van der Waals surface area contributed by atoms with Crippen molar-refractivity contribution in [2.24, 2.45) is 0 Å². The monoisotopic (exact) mass is 349 g/mol. The Morgan fingerprint density at radius 2 is 1.92 bits per heavy atom. The van der Waals surface area contributed by atoms with Crippen LogP contribution in [0.4, 0.5) is 5.69 Å². The fourth-order valence-corrected chi connectivity index (χ4v) is 2.32. The molecule has 0 spiro atoms. The van der Waals surface area contributed by atoms with E-state index in [2.05, 4.69) is 5.32 Å². The van der Waals surface area contributed by atoms with Gasteiger partial charge in [-0.15, -0.1) is 0 Å². The van der Waals surface area contributed by atoms with Gasteiger partial charge < -0.3 is 19.5 Å². The van der Waals surface area contributed by atoms with E-state index in [0.29, 0.717) is 34.4 Å². The fraction of sp³-hybridized carbons (Fsp3) is 0.278. The standard InChI is InChI=1S/C18H20ClNO4/c1-4-16(24-14-7-5-6-12(19)10-14)18(21)20-15-9-8-13(22-2)11-17(15)23-3/h5-11,16H,4H2,1-3H3,(H,20,21). The van der Waals surface area contributed by atoms with Crippen molar-refractivity contribution < 1.29 is 19.0 Å². The number of benzene rings is 2. The molecule has 0 radical (unpaired) electrons. The van der Waals surface area contributed by atoms with Crippen molar-refractivity contribution in [3.05, 3.63) is 47.5 Å². The van der Waals surface area contributed by atoms with Crippen molar-refractivity contribution in [3.8, 4) is 17.2 Å². The van der Waals surface area contributed by atoms with E-state index < -0.39 is 6.10 Å². The maximum Gasteiger partial charge on any atom is 0.265 e. The summed E-state index contributed by atoms with van der Waals surface area (Å²) >= 11 is 5.94. The normalized spacial score (nSPS) is 11.5. The van der Waals surface area contributed by atoms with Crippen LogP contribution in [0.2, 0.25) is 5.02 Å². The van der Waals surface area contributed by atoms with E-state index in [-0.39, 0.29) is 5.91 Å². The SMILES string of the molecule is CCC(Oc1cccc(Cl)c1)C(=O)Nc1ccc(OC)cc1OC. The van der Waals surface area contributed by atoms with Gasteiger partial charge in [0.2, 0.25) is 0 Å². The summed E-state index contributed by atoms with van der Waals surface area (Å²) in [4.78, 5) is 12.5. The van der Waals surface area contributed by atoms with Crippen LogP contribution in [0.1, 0.15) is 13.3 Å². The molecule has 0 saturated heterocycles. The number of rotatable bonds is 7. The van der Waals surface area contributed by atoms with Crippen molar-refractivity contribution in [2.45, 2.75) is 19.4 Å². The molecule has 1 N–H and O–H groups in total. The lowest BCUT2D eigenvalue weighted by Crippen LogP contribution is -2.32. The second-order valence-electron chi connectivity index (χ2n) is 5.03. The highest BCUT2D eigenvalue weighted by Gasteiger charge is 2.20. The summed E-state index contributed by atoms with van der Waals surface area (Å²) in [5, 5.41) is 3.38. The first-order valence-corrected chi connectivity index (χ1v) is 7.90. The summed E-state index contributed by atoms with van der Waals surface area (Å²) in [6.07, 6.45) is -0.133. The average molecular weight is 350 g/mol. The van der Waals surface area contributed by atoms with Crippen molar-refractivity contribution in [1.29, 1.82) is 0 Å². The molecule has 0 fully saturated rings. The lowest BCUT2D eigenvalue weighted by atomic mass is 10.2. The van der Waals surface area contributed by atoms with Gasteiger partial charge in [0.25, 0.3) is 5.91 Å². The molecule has 0 saturated carbocycles. The Morgan fingerprint density at radius 3 is 2.54 bits per heavy atom. The maximum atomic E-state index is 12.5. The molecular weight excluding hydrogens is 330 g/mol. The molecule has 128 valence electrons. The third-order valence-corrected chi connectivity index (χ3v) is 3.64. The minimum absolute atomic E-state index is 0.263. The smallest absolute Gasteiger partial charge is 0.265 e. The Morgan fingerprint density at radius 1 is 1.12 bits per heavy atom. The predicted octanol–water partition coefficient (Wildman–Crippen LogP) is 4.15. The maximum absolute atomic E-state index is 12.5. The molecule has 6 heteroatoms. The first kappa shape index (κ1) is 17.9. The highest BCUT2D eigenvalue weighted by atomic mass is 35.5. The number of methoxy groups -OCH3 is 2. The van der Waals surface area contributed by atoms with Gasteiger partial charge in [0.15, 0.2) is 6.10 Å². The van der Waals surface area contributed by atoms with Gasteiger partial charge in [0.1, 0.15) is 17.2 Å². The third-order valence-electron chi connectivity index (χ3n) is 3.40. The minimum Gasteiger partial charge on any atom is -0.497 e. The van der Waals surface area contributed by atoms with E-state index in [1.54, 1.807) is 49.6 Å². The van der Waals surface area contributed by atoms with Gasteiger partial charge in [0, 0.05) is 11.1 Å². The van der Waals surface area contributed by atoms with E-state index in [0.717, 1.165) is 0 Å². The van der Waals surface area contributed by atoms with Crippen LogP contribution in [-0.4, -0.2) is 26.2 Å². The number of halogens is 1. The zero-order valence-corrected chi connectivity index (χ0v) is 14.6. The first-order valence-electron chi connectivity index (χ1n) is 7.52. The van der Waals surface area contributed by atoms with Crippen LogP contribution >= 0.6 is 11.6 Å². The van der Waals surface area contributed by atoms with Gasteiger partial charge in [-0.25, -0.2) is 0 Å². The summed E-state index contributed by atoms with van der Waals surface area (Å²) in [6, 6.07) is 12.1. The molecule has 0 heterocycles. The number of carbonyl (C=O) groups excluding carboxylic acids is 1. The summed E-state index contributed by atoms with van der Waals surface area (Å²) in [6.45, 7) is 1.88. The molecule has 0 aliphatic rings. The molecule has 0 bridgehead atoms. The van der Waals surface area contributed by atoms with Crippen molar-refractivity contribution in [1.82, 2.24) is 0 Å². The van der Waals surface area contributed by atoms with E-state index in [1.807, 2.05) is 6.92 Å². The quantitative estimate of drug-likeness (QED) is 0.815. The number of ether oxygens (including phenoxy) is 3. The Kier molecular flexibility index (Phi) is 6.32. The molecule has 2 rings (SSSR count). The van der Waals surface area contributed by atoms with Crippen molar-refractivity contribution >= 4 is 23.2 Å². The second kappa shape index (κ2) is 8.45. The number of amides is 1. The van der Waals surface area contributed by atoms with Gasteiger partial charge in [0.05, 0.1) is 19.9 Å². The van der Waals surface area contributed by atoms with Crippen LogP contribution in [0.25, 0.3) is 0 Å². The number of hydrogen-bond acceptors (Lipinski definition) is 4. The Balaban J connectivity index is 2.12. The minimum atomic E-state index is -0.643. The molecular formula is C18H20ClNO4. The molecule has 1 unspecified atom stereocenters. The Labute approximate surface area is 146 Å². The van der Waals surface area contributed by atoms with Gasteiger partial charge in [-0.05, 0) is 36.8 Å². The van der Waals surface area contributed by atoms with Crippen LogP contribution in [0, 0.1) is 0 Å². The molecule has 2 aromatic rings. The summed E-state index contributed by atoms with van der Waals surface area (Å²) in [7, 11) is 3.10. The van der Waals surface area contributed by atoms with E-state index in [1.165, 1.54) is 7.11 Å². The molecule has 1 atom stereocenters. The molecule has 0 aliphatic heterocycles. The lowest BCUT2D eigenvalue weighted by Gasteiger charge is -2.18. The number of carbonyl (C=O) groups is 1. The van der Waals surface area contributed by atoms with E-state index in [9.17, 15) is 4.79 Å². The molecule has 1 amide bonds. The Hall–Kier alpha value is -2.40. The van der Waals surface area contributed by atoms with Gasteiger partial charge in [-0.3, -0.25) is 4.79 Å². The summed E-state index contributed by atoms with van der Waals surface area (Å²) in [5.74, 6) is 1.44. The zero-order chi connectivity index (χ0) is 17.5. The number of nitrogens with one attached hydrogen (secondary N) is 1. The van der Waals surface area contributed by atoms with Crippen molar-refractivity contribution in [3.63, 3.8) is 0 Å². The topological polar surface area (TPSA) is 56.8 Å². The highest BCUT2D eigenvalue weighted by molar-refractivity contribution is 6.30. The molecule has 5 nitrogen and oxygen atoms in total. The molecule has 24 heavy (non-hydrogen) atoms. The predicted molar refractivity (Wildman–Crippen MR) is 94.3 cm³/mol. The lowest BCUT2D eigenvalue weighted by molar-refractivity contribution is -0.122. The first-order chi connectivity index (χ1) is 11.6. The van der Waals surface area contributed by atoms with Gasteiger partial charge in [-0.1, -0.05) is 24.6 Å². The average Bonchev–Trinajstić information content (AvgIpc) is 2.59. The van der Waals surface area contributed by atoms with E-state index in [4.69, 9.17) is 25.8 Å². The molecule has 2 aromatic carbocycles. The third kappa shape index (κ3) is 4.55. The van der Waals surface area contributed by atoms with Gasteiger partial charge in [-0.2, -0.15) is 0 Å². The van der Waals surface area contributed by atoms with Crippen LogP contribution in [-0.2, 0) is 4.79 Å². The zero-order valence-electron chi connectivity index (χ0n) is 13.8. The van der Waals surface area contributed by atoms with Crippen molar-refractivity contribution in [2.75, 3.05) is 19.5 Å². The molecule has 0 aromatic heterocycles. The van der Waals surface area contributed by atoms with E-state index >= 15 is 0 Å². The van der Waals surface area contributed by atoms with Gasteiger partial charge >= 0.3 is 0 Å². The van der Waals surface area contributed by atoms with Crippen LogP contribution in [0.3, 0.4) is 0 Å². The Bertz CT molecular complexity index is 705. The number of anilines is 1. The summed E-state index contributed by atoms with van der Waals surface area (Å²) in [5.41, 5.74) is 0.552. The highest BCUT2D eigenvalue weighted by Crippen LogP contribution is 2.29. The van der Waals surface area contributed by atoms with Crippen LogP contribution < -0.4 is 19.5 Å². The number of hydrogen-bond donors (Lipinski definition) is 1. The largest absolute Gasteiger partial charge is 0.497 e. The van der Waals surface area contributed by atoms with Crippen LogP contribution in [0.5, 0.6) is 17.2 Å². The second-order valence-corrected chi connectivity index (χ2v) is 5.46.